The monoisotopic (exact) mass is 356 g/mol. The van der Waals surface area contributed by atoms with E-state index in [0.717, 1.165) is 9.50 Å². The largest absolute Gasteiger partial charge is 0.313 e. The lowest BCUT2D eigenvalue weighted by molar-refractivity contribution is 0.641. The topological polar surface area (TPSA) is 24.9 Å². The van der Waals surface area contributed by atoms with Gasteiger partial charge in [-0.2, -0.15) is 0 Å². The standard InChI is InChI=1S/C14H14BrClN2S/c1-9(17-2)12-7-10(15)3-5-13(12)19-14-6-4-11(16)8-18-14/h3-9,17H,1-2H3. The highest BCUT2D eigenvalue weighted by Gasteiger charge is 2.11. The van der Waals surface area contributed by atoms with Crippen LogP contribution in [0, 0.1) is 0 Å². The van der Waals surface area contributed by atoms with Crippen LogP contribution in [0.2, 0.25) is 5.02 Å². The molecule has 1 aromatic heterocycles. The van der Waals surface area contributed by atoms with Crippen molar-refractivity contribution in [2.45, 2.75) is 22.9 Å². The minimum absolute atomic E-state index is 0.285. The van der Waals surface area contributed by atoms with E-state index in [2.05, 4.69) is 45.3 Å². The zero-order chi connectivity index (χ0) is 13.8. The third kappa shape index (κ3) is 3.96. The zero-order valence-corrected chi connectivity index (χ0v) is 13.8. The van der Waals surface area contributed by atoms with Gasteiger partial charge in [0.05, 0.1) is 5.02 Å². The summed E-state index contributed by atoms with van der Waals surface area (Å²) in [6, 6.07) is 10.4. The molecule has 0 aliphatic carbocycles. The van der Waals surface area contributed by atoms with Crippen LogP contribution >= 0.6 is 39.3 Å². The van der Waals surface area contributed by atoms with Gasteiger partial charge in [0.15, 0.2) is 0 Å². The molecule has 19 heavy (non-hydrogen) atoms. The summed E-state index contributed by atoms with van der Waals surface area (Å²) in [5, 5.41) is 4.87. The van der Waals surface area contributed by atoms with Gasteiger partial charge in [-0.05, 0) is 49.9 Å². The maximum absolute atomic E-state index is 5.85. The van der Waals surface area contributed by atoms with Crippen LogP contribution in [0.3, 0.4) is 0 Å². The van der Waals surface area contributed by atoms with Gasteiger partial charge in [0, 0.05) is 21.6 Å². The molecule has 1 heterocycles. The van der Waals surface area contributed by atoms with Crippen LogP contribution in [0.1, 0.15) is 18.5 Å². The van der Waals surface area contributed by atoms with E-state index in [9.17, 15) is 0 Å². The lowest BCUT2D eigenvalue weighted by Gasteiger charge is -2.15. The van der Waals surface area contributed by atoms with Gasteiger partial charge in [-0.3, -0.25) is 0 Å². The Morgan fingerprint density at radius 1 is 1.32 bits per heavy atom. The first-order valence-corrected chi connectivity index (χ1v) is 7.85. The Morgan fingerprint density at radius 2 is 2.11 bits per heavy atom. The average molecular weight is 358 g/mol. The molecule has 0 fully saturated rings. The molecule has 1 unspecified atom stereocenters. The second-order valence-electron chi connectivity index (χ2n) is 4.11. The van der Waals surface area contributed by atoms with Crippen LogP contribution in [0.4, 0.5) is 0 Å². The molecule has 2 nitrogen and oxygen atoms in total. The molecule has 2 rings (SSSR count). The van der Waals surface area contributed by atoms with Gasteiger partial charge in [-0.15, -0.1) is 0 Å². The molecule has 0 aliphatic rings. The van der Waals surface area contributed by atoms with Crippen molar-refractivity contribution in [1.29, 1.82) is 0 Å². The molecule has 0 amide bonds. The Morgan fingerprint density at radius 3 is 2.74 bits per heavy atom. The fraction of sp³-hybridized carbons (Fsp3) is 0.214. The third-order valence-corrected chi connectivity index (χ3v) is 4.55. The van der Waals surface area contributed by atoms with E-state index in [-0.39, 0.29) is 6.04 Å². The Bertz CT molecular complexity index is 560. The molecule has 0 aliphatic heterocycles. The highest BCUT2D eigenvalue weighted by atomic mass is 79.9. The molecular formula is C14H14BrClN2S. The van der Waals surface area contributed by atoms with Crippen molar-refractivity contribution in [1.82, 2.24) is 10.3 Å². The molecule has 0 bridgehead atoms. The first-order chi connectivity index (χ1) is 9.10. The first kappa shape index (κ1) is 14.9. The lowest BCUT2D eigenvalue weighted by atomic mass is 10.1. The molecule has 1 N–H and O–H groups in total. The van der Waals surface area contributed by atoms with Crippen LogP contribution in [0.5, 0.6) is 0 Å². The molecule has 0 radical (unpaired) electrons. The first-order valence-electron chi connectivity index (χ1n) is 5.86. The molecule has 0 saturated heterocycles. The number of hydrogen-bond acceptors (Lipinski definition) is 3. The van der Waals surface area contributed by atoms with Crippen LogP contribution in [0.15, 0.2) is 50.9 Å². The molecule has 0 spiro atoms. The molecule has 2 aromatic rings. The number of nitrogens with one attached hydrogen (secondary N) is 1. The van der Waals surface area contributed by atoms with Gasteiger partial charge >= 0.3 is 0 Å². The number of hydrogen-bond donors (Lipinski definition) is 1. The van der Waals surface area contributed by atoms with Crippen molar-refractivity contribution in [2.24, 2.45) is 0 Å². The predicted molar refractivity (Wildman–Crippen MR) is 85.0 cm³/mol. The van der Waals surface area contributed by atoms with Crippen LogP contribution < -0.4 is 5.32 Å². The second kappa shape index (κ2) is 6.75. The fourth-order valence-corrected chi connectivity index (χ4v) is 3.09. The Labute approximate surface area is 131 Å². The molecule has 1 atom stereocenters. The van der Waals surface area contributed by atoms with Gasteiger partial charge in [0.1, 0.15) is 5.03 Å². The summed E-state index contributed by atoms with van der Waals surface area (Å²) >= 11 is 11.0. The van der Waals surface area contributed by atoms with Crippen LogP contribution in [-0.2, 0) is 0 Å². The third-order valence-electron chi connectivity index (χ3n) is 2.79. The molecule has 0 saturated carbocycles. The van der Waals surface area contributed by atoms with E-state index in [1.54, 1.807) is 18.0 Å². The molecule has 1 aromatic carbocycles. The second-order valence-corrected chi connectivity index (χ2v) is 6.52. The quantitative estimate of drug-likeness (QED) is 0.840. The smallest absolute Gasteiger partial charge is 0.101 e. The maximum atomic E-state index is 5.85. The number of benzene rings is 1. The average Bonchev–Trinajstić information content (AvgIpc) is 2.42. The SMILES string of the molecule is CNC(C)c1cc(Br)ccc1Sc1ccc(Cl)cn1. The zero-order valence-electron chi connectivity index (χ0n) is 10.7. The Kier molecular flexibility index (Phi) is 5.28. The number of pyridine rings is 1. The van der Waals surface area contributed by atoms with Crippen molar-refractivity contribution in [2.75, 3.05) is 7.05 Å². The van der Waals surface area contributed by atoms with E-state index in [4.69, 9.17) is 11.6 Å². The van der Waals surface area contributed by atoms with Crippen molar-refractivity contribution in [3.8, 4) is 0 Å². The Hall–Kier alpha value is -0.550. The summed E-state index contributed by atoms with van der Waals surface area (Å²) in [7, 11) is 1.96. The van der Waals surface area contributed by atoms with Crippen molar-refractivity contribution in [3.05, 3.63) is 51.6 Å². The lowest BCUT2D eigenvalue weighted by Crippen LogP contribution is -2.13. The number of aromatic nitrogens is 1. The molecule has 100 valence electrons. The van der Waals surface area contributed by atoms with Gasteiger partial charge in [0.2, 0.25) is 0 Å². The van der Waals surface area contributed by atoms with E-state index < -0.39 is 0 Å². The minimum Gasteiger partial charge on any atom is -0.313 e. The van der Waals surface area contributed by atoms with Crippen molar-refractivity contribution < 1.29 is 0 Å². The van der Waals surface area contributed by atoms with Gasteiger partial charge < -0.3 is 5.32 Å². The van der Waals surface area contributed by atoms with E-state index >= 15 is 0 Å². The summed E-state index contributed by atoms with van der Waals surface area (Å²) in [6.07, 6.45) is 1.67. The van der Waals surface area contributed by atoms with Crippen LogP contribution in [-0.4, -0.2) is 12.0 Å². The highest BCUT2D eigenvalue weighted by molar-refractivity contribution is 9.10. The summed E-state index contributed by atoms with van der Waals surface area (Å²) in [4.78, 5) is 5.52. The number of nitrogens with zero attached hydrogens (tertiary/aromatic N) is 1. The fourth-order valence-electron chi connectivity index (χ4n) is 1.64. The van der Waals surface area contributed by atoms with Gasteiger partial charge in [-0.25, -0.2) is 4.98 Å². The van der Waals surface area contributed by atoms with Gasteiger partial charge in [0.25, 0.3) is 0 Å². The molecule has 5 heteroatoms. The predicted octanol–water partition coefficient (Wildman–Crippen LogP) is 4.93. The van der Waals surface area contributed by atoms with Crippen molar-refractivity contribution >= 4 is 39.3 Å². The summed E-state index contributed by atoms with van der Waals surface area (Å²) < 4.78 is 1.08. The summed E-state index contributed by atoms with van der Waals surface area (Å²) in [6.45, 7) is 2.14. The highest BCUT2D eigenvalue weighted by Crippen LogP contribution is 2.34. The van der Waals surface area contributed by atoms with Gasteiger partial charge in [-0.1, -0.05) is 39.3 Å². The van der Waals surface area contributed by atoms with Crippen molar-refractivity contribution in [3.63, 3.8) is 0 Å². The normalized spacial score (nSPS) is 12.4. The maximum Gasteiger partial charge on any atom is 0.101 e. The van der Waals surface area contributed by atoms with E-state index in [1.165, 1.54) is 10.5 Å². The van der Waals surface area contributed by atoms with E-state index in [1.807, 2.05) is 25.2 Å². The van der Waals surface area contributed by atoms with Crippen LogP contribution in [0.25, 0.3) is 0 Å². The minimum atomic E-state index is 0.285. The number of rotatable bonds is 4. The van der Waals surface area contributed by atoms with E-state index in [0.29, 0.717) is 5.02 Å². The number of halogens is 2. The Balaban J connectivity index is 2.31. The molecular weight excluding hydrogens is 344 g/mol. The summed E-state index contributed by atoms with van der Waals surface area (Å²) in [5.41, 5.74) is 1.25. The summed E-state index contributed by atoms with van der Waals surface area (Å²) in [5.74, 6) is 0.